The second-order valence-electron chi connectivity index (χ2n) is 4.02. The molecule has 2 aromatic carbocycles. The minimum absolute atomic E-state index is 0.0906. The number of anilines is 1. The van der Waals surface area contributed by atoms with E-state index in [9.17, 15) is 18.4 Å². The number of halogens is 3. The van der Waals surface area contributed by atoms with Gasteiger partial charge in [0.15, 0.2) is 0 Å². The molecule has 2 N–H and O–H groups in total. The van der Waals surface area contributed by atoms with Crippen molar-refractivity contribution in [3.63, 3.8) is 0 Å². The molecule has 0 saturated carbocycles. The van der Waals surface area contributed by atoms with Crippen molar-refractivity contribution in [2.45, 2.75) is 0 Å². The van der Waals surface area contributed by atoms with Gasteiger partial charge in [-0.15, -0.1) is 0 Å². The molecule has 21 heavy (non-hydrogen) atoms. The fourth-order valence-corrected chi connectivity index (χ4v) is 2.08. The highest BCUT2D eigenvalue weighted by molar-refractivity contribution is 9.10. The van der Waals surface area contributed by atoms with Crippen LogP contribution in [0.3, 0.4) is 0 Å². The zero-order valence-corrected chi connectivity index (χ0v) is 11.9. The van der Waals surface area contributed by atoms with Crippen LogP contribution in [-0.4, -0.2) is 17.0 Å². The average Bonchev–Trinajstić information content (AvgIpc) is 2.41. The molecule has 2 rings (SSSR count). The van der Waals surface area contributed by atoms with Gasteiger partial charge >= 0.3 is 5.97 Å². The van der Waals surface area contributed by atoms with Crippen LogP contribution < -0.4 is 5.32 Å². The van der Waals surface area contributed by atoms with Gasteiger partial charge in [-0.2, -0.15) is 0 Å². The summed E-state index contributed by atoms with van der Waals surface area (Å²) in [6, 6.07) is 7.52. The zero-order chi connectivity index (χ0) is 15.6. The van der Waals surface area contributed by atoms with Crippen LogP contribution in [0.15, 0.2) is 40.9 Å². The summed E-state index contributed by atoms with van der Waals surface area (Å²) in [6.45, 7) is 0. The van der Waals surface area contributed by atoms with E-state index < -0.39 is 29.1 Å². The van der Waals surface area contributed by atoms with Crippen molar-refractivity contribution in [2.75, 3.05) is 5.32 Å². The van der Waals surface area contributed by atoms with Gasteiger partial charge in [-0.05, 0) is 40.2 Å². The van der Waals surface area contributed by atoms with E-state index in [4.69, 9.17) is 5.11 Å². The second-order valence-corrected chi connectivity index (χ2v) is 4.88. The number of rotatable bonds is 3. The standard InChI is InChI=1S/C14H8BrF2NO3/c15-8-4-1-3-7(12(8)17)13(19)18-10-6-2-5-9(16)11(10)14(20)21/h1-6H,(H,18,19)(H,20,21). The highest BCUT2D eigenvalue weighted by Gasteiger charge is 2.20. The molecule has 4 nitrogen and oxygen atoms in total. The maximum Gasteiger partial charge on any atom is 0.340 e. The Hall–Kier alpha value is -2.28. The van der Waals surface area contributed by atoms with Crippen molar-refractivity contribution in [1.82, 2.24) is 0 Å². The Morgan fingerprint density at radius 1 is 1.10 bits per heavy atom. The molecule has 0 aliphatic rings. The van der Waals surface area contributed by atoms with E-state index in [1.807, 2.05) is 0 Å². The summed E-state index contributed by atoms with van der Waals surface area (Å²) in [5.41, 5.74) is -1.21. The molecule has 0 spiro atoms. The van der Waals surface area contributed by atoms with Gasteiger partial charge in [-0.1, -0.05) is 12.1 Å². The summed E-state index contributed by atoms with van der Waals surface area (Å²) in [5, 5.41) is 11.2. The van der Waals surface area contributed by atoms with E-state index >= 15 is 0 Å². The number of hydrogen-bond acceptors (Lipinski definition) is 2. The van der Waals surface area contributed by atoms with Crippen molar-refractivity contribution in [1.29, 1.82) is 0 Å². The van der Waals surface area contributed by atoms with E-state index in [2.05, 4.69) is 21.2 Å². The fourth-order valence-electron chi connectivity index (χ4n) is 1.71. The van der Waals surface area contributed by atoms with E-state index in [0.717, 1.165) is 6.07 Å². The zero-order valence-electron chi connectivity index (χ0n) is 10.4. The molecular formula is C14H8BrF2NO3. The molecule has 0 radical (unpaired) electrons. The first-order valence-corrected chi connectivity index (χ1v) is 6.48. The molecule has 0 aliphatic heterocycles. The molecular weight excluding hydrogens is 348 g/mol. The van der Waals surface area contributed by atoms with Crippen LogP contribution in [0.4, 0.5) is 14.5 Å². The third-order valence-corrected chi connectivity index (χ3v) is 3.28. The van der Waals surface area contributed by atoms with Crippen LogP contribution in [0.25, 0.3) is 0 Å². The van der Waals surface area contributed by atoms with Gasteiger partial charge < -0.3 is 10.4 Å². The maximum absolute atomic E-state index is 13.8. The number of aromatic carboxylic acids is 1. The number of nitrogens with one attached hydrogen (secondary N) is 1. The molecule has 2 aromatic rings. The Balaban J connectivity index is 2.39. The predicted octanol–water partition coefficient (Wildman–Crippen LogP) is 3.68. The first kappa shape index (κ1) is 15.1. The quantitative estimate of drug-likeness (QED) is 0.882. The van der Waals surface area contributed by atoms with Gasteiger partial charge in [-0.25, -0.2) is 13.6 Å². The van der Waals surface area contributed by atoms with Crippen molar-refractivity contribution in [2.24, 2.45) is 0 Å². The lowest BCUT2D eigenvalue weighted by atomic mass is 10.1. The minimum atomic E-state index is -1.53. The Labute approximate surface area is 126 Å². The number of benzene rings is 2. The first-order valence-electron chi connectivity index (χ1n) is 5.69. The molecule has 0 atom stereocenters. The summed E-state index contributed by atoms with van der Waals surface area (Å²) in [5.74, 6) is -4.18. The Kier molecular flexibility index (Phi) is 4.32. The maximum atomic E-state index is 13.8. The third kappa shape index (κ3) is 3.08. The smallest absolute Gasteiger partial charge is 0.340 e. The van der Waals surface area contributed by atoms with Crippen molar-refractivity contribution < 1.29 is 23.5 Å². The summed E-state index contributed by atoms with van der Waals surface area (Å²) >= 11 is 2.94. The number of carbonyl (C=O) groups excluding carboxylic acids is 1. The monoisotopic (exact) mass is 355 g/mol. The largest absolute Gasteiger partial charge is 0.478 e. The van der Waals surface area contributed by atoms with Gasteiger partial charge in [0, 0.05) is 0 Å². The van der Waals surface area contributed by atoms with E-state index in [-0.39, 0.29) is 15.7 Å². The Morgan fingerprint density at radius 2 is 1.76 bits per heavy atom. The Morgan fingerprint density at radius 3 is 2.43 bits per heavy atom. The van der Waals surface area contributed by atoms with Gasteiger partial charge in [-0.3, -0.25) is 4.79 Å². The van der Waals surface area contributed by atoms with E-state index in [1.165, 1.54) is 30.3 Å². The lowest BCUT2D eigenvalue weighted by Crippen LogP contribution is -2.17. The number of amides is 1. The van der Waals surface area contributed by atoms with Gasteiger partial charge in [0.1, 0.15) is 17.2 Å². The summed E-state index contributed by atoms with van der Waals surface area (Å²) < 4.78 is 27.4. The van der Waals surface area contributed by atoms with Gasteiger partial charge in [0.25, 0.3) is 5.91 Å². The third-order valence-electron chi connectivity index (χ3n) is 2.67. The first-order chi connectivity index (χ1) is 9.91. The molecule has 0 aromatic heterocycles. The SMILES string of the molecule is O=C(Nc1cccc(F)c1C(=O)O)c1cccc(Br)c1F. The molecule has 7 heteroatoms. The summed E-state index contributed by atoms with van der Waals surface area (Å²) in [7, 11) is 0. The van der Waals surface area contributed by atoms with E-state index in [0.29, 0.717) is 0 Å². The van der Waals surface area contributed by atoms with Crippen LogP contribution in [0, 0.1) is 11.6 Å². The molecule has 0 bridgehead atoms. The molecule has 0 saturated heterocycles. The highest BCUT2D eigenvalue weighted by Crippen LogP contribution is 2.22. The summed E-state index contributed by atoms with van der Waals surface area (Å²) in [4.78, 5) is 23.0. The molecule has 108 valence electrons. The van der Waals surface area contributed by atoms with E-state index in [1.54, 1.807) is 0 Å². The second kappa shape index (κ2) is 6.01. The number of hydrogen-bond donors (Lipinski definition) is 2. The number of carboxylic acids is 1. The van der Waals surface area contributed by atoms with Crippen molar-refractivity contribution >= 4 is 33.5 Å². The molecule has 1 amide bonds. The van der Waals surface area contributed by atoms with Crippen molar-refractivity contribution in [3.8, 4) is 0 Å². The minimum Gasteiger partial charge on any atom is -0.478 e. The number of carbonyl (C=O) groups is 2. The fraction of sp³-hybridized carbons (Fsp3) is 0. The predicted molar refractivity (Wildman–Crippen MR) is 75.4 cm³/mol. The lowest BCUT2D eigenvalue weighted by Gasteiger charge is -2.10. The van der Waals surface area contributed by atoms with Gasteiger partial charge in [0.2, 0.25) is 0 Å². The van der Waals surface area contributed by atoms with Crippen LogP contribution >= 0.6 is 15.9 Å². The Bertz CT molecular complexity index is 734. The molecule has 0 fully saturated rings. The average molecular weight is 356 g/mol. The lowest BCUT2D eigenvalue weighted by molar-refractivity contribution is 0.0693. The summed E-state index contributed by atoms with van der Waals surface area (Å²) in [6.07, 6.45) is 0. The van der Waals surface area contributed by atoms with Crippen LogP contribution in [-0.2, 0) is 0 Å². The van der Waals surface area contributed by atoms with Crippen LogP contribution in [0.5, 0.6) is 0 Å². The van der Waals surface area contributed by atoms with Crippen molar-refractivity contribution in [3.05, 3.63) is 63.6 Å². The van der Waals surface area contributed by atoms with Crippen LogP contribution in [0.2, 0.25) is 0 Å². The molecule has 0 unspecified atom stereocenters. The van der Waals surface area contributed by atoms with Gasteiger partial charge in [0.05, 0.1) is 15.7 Å². The normalized spacial score (nSPS) is 10.2. The highest BCUT2D eigenvalue weighted by atomic mass is 79.9. The molecule has 0 aliphatic carbocycles. The number of carboxylic acid groups (broad SMARTS) is 1. The van der Waals surface area contributed by atoms with Crippen LogP contribution in [0.1, 0.15) is 20.7 Å². The molecule has 0 heterocycles. The topological polar surface area (TPSA) is 66.4 Å².